The zero-order valence-electron chi connectivity index (χ0n) is 13.4. The lowest BCUT2D eigenvalue weighted by molar-refractivity contribution is 0.0616. The van der Waals surface area contributed by atoms with Gasteiger partial charge < -0.3 is 10.1 Å². The number of ether oxygens (including phenoxy) is 1. The molecule has 2 aromatic rings. The summed E-state index contributed by atoms with van der Waals surface area (Å²) in [7, 11) is 0. The van der Waals surface area contributed by atoms with E-state index in [2.05, 4.69) is 5.32 Å². The van der Waals surface area contributed by atoms with E-state index in [9.17, 15) is 4.79 Å². The first-order valence-corrected chi connectivity index (χ1v) is 7.48. The third-order valence-electron chi connectivity index (χ3n) is 3.42. The Morgan fingerprint density at radius 3 is 2.36 bits per heavy atom. The van der Waals surface area contributed by atoms with Crippen molar-refractivity contribution in [3.8, 4) is 0 Å². The highest BCUT2D eigenvalue weighted by molar-refractivity contribution is 5.96. The first kappa shape index (κ1) is 16.2. The van der Waals surface area contributed by atoms with Crippen molar-refractivity contribution in [2.75, 3.05) is 6.61 Å². The van der Waals surface area contributed by atoms with E-state index in [4.69, 9.17) is 4.74 Å². The smallest absolute Gasteiger partial charge is 0.252 e. The number of benzene rings is 2. The van der Waals surface area contributed by atoms with Crippen molar-refractivity contribution in [2.45, 2.75) is 32.9 Å². The SMILES string of the molecule is Cc1ccccc1C(=O)NC(C)(C)COCc1ccccc1. The third kappa shape index (κ3) is 4.71. The summed E-state index contributed by atoms with van der Waals surface area (Å²) < 4.78 is 5.74. The molecule has 2 rings (SSSR count). The van der Waals surface area contributed by atoms with Crippen LogP contribution >= 0.6 is 0 Å². The molecule has 1 amide bonds. The fourth-order valence-corrected chi connectivity index (χ4v) is 2.24. The molecule has 22 heavy (non-hydrogen) atoms. The minimum absolute atomic E-state index is 0.0635. The van der Waals surface area contributed by atoms with Crippen molar-refractivity contribution in [1.82, 2.24) is 5.32 Å². The Bertz CT molecular complexity index is 620. The summed E-state index contributed by atoms with van der Waals surface area (Å²) in [4.78, 5) is 12.3. The monoisotopic (exact) mass is 297 g/mol. The van der Waals surface area contributed by atoms with E-state index in [0.29, 0.717) is 18.8 Å². The molecule has 0 unspecified atom stereocenters. The molecule has 3 heteroatoms. The number of carbonyl (C=O) groups is 1. The summed E-state index contributed by atoms with van der Waals surface area (Å²) in [6.07, 6.45) is 0. The van der Waals surface area contributed by atoms with Gasteiger partial charge in [0.05, 0.1) is 18.8 Å². The minimum atomic E-state index is -0.422. The molecule has 0 heterocycles. The maximum absolute atomic E-state index is 12.3. The van der Waals surface area contributed by atoms with Gasteiger partial charge in [-0.15, -0.1) is 0 Å². The predicted molar refractivity (Wildman–Crippen MR) is 88.8 cm³/mol. The normalized spacial score (nSPS) is 11.2. The van der Waals surface area contributed by atoms with Crippen LogP contribution in [-0.4, -0.2) is 18.1 Å². The topological polar surface area (TPSA) is 38.3 Å². The van der Waals surface area contributed by atoms with E-state index in [1.54, 1.807) is 0 Å². The second-order valence-corrected chi connectivity index (χ2v) is 6.13. The van der Waals surface area contributed by atoms with E-state index in [0.717, 1.165) is 11.1 Å². The highest BCUT2D eigenvalue weighted by Crippen LogP contribution is 2.11. The average molecular weight is 297 g/mol. The van der Waals surface area contributed by atoms with Gasteiger partial charge in [-0.25, -0.2) is 0 Å². The Morgan fingerprint density at radius 2 is 1.68 bits per heavy atom. The number of nitrogens with one attached hydrogen (secondary N) is 1. The fraction of sp³-hybridized carbons (Fsp3) is 0.316. The fourth-order valence-electron chi connectivity index (χ4n) is 2.24. The summed E-state index contributed by atoms with van der Waals surface area (Å²) in [5, 5.41) is 3.04. The van der Waals surface area contributed by atoms with Crippen molar-refractivity contribution >= 4 is 5.91 Å². The van der Waals surface area contributed by atoms with Crippen LogP contribution in [0.5, 0.6) is 0 Å². The molecule has 3 nitrogen and oxygen atoms in total. The van der Waals surface area contributed by atoms with Crippen LogP contribution in [0.4, 0.5) is 0 Å². The zero-order chi connectivity index (χ0) is 16.0. The first-order valence-electron chi connectivity index (χ1n) is 7.48. The summed E-state index contributed by atoms with van der Waals surface area (Å²) >= 11 is 0. The quantitative estimate of drug-likeness (QED) is 0.882. The number of hydrogen-bond acceptors (Lipinski definition) is 2. The number of aryl methyl sites for hydroxylation is 1. The van der Waals surface area contributed by atoms with Gasteiger partial charge in [0, 0.05) is 5.56 Å². The molecule has 0 atom stereocenters. The molecule has 0 saturated carbocycles. The molecule has 0 aliphatic carbocycles. The second-order valence-electron chi connectivity index (χ2n) is 6.13. The van der Waals surface area contributed by atoms with E-state index in [-0.39, 0.29) is 5.91 Å². The summed E-state index contributed by atoms with van der Waals surface area (Å²) in [6, 6.07) is 17.6. The molecule has 0 fully saturated rings. The van der Waals surface area contributed by atoms with E-state index >= 15 is 0 Å². The standard InChI is InChI=1S/C19H23NO2/c1-15-9-7-8-12-17(15)18(21)20-19(2,3)14-22-13-16-10-5-4-6-11-16/h4-12H,13-14H2,1-3H3,(H,20,21). The Hall–Kier alpha value is -2.13. The molecule has 0 aromatic heterocycles. The van der Waals surface area contributed by atoms with Gasteiger partial charge in [-0.1, -0.05) is 48.5 Å². The van der Waals surface area contributed by atoms with Crippen LogP contribution in [0.1, 0.15) is 35.3 Å². The van der Waals surface area contributed by atoms with Gasteiger partial charge in [-0.2, -0.15) is 0 Å². The zero-order valence-corrected chi connectivity index (χ0v) is 13.4. The highest BCUT2D eigenvalue weighted by atomic mass is 16.5. The number of hydrogen-bond donors (Lipinski definition) is 1. The molecular formula is C19H23NO2. The summed E-state index contributed by atoms with van der Waals surface area (Å²) in [6.45, 7) is 6.88. The van der Waals surface area contributed by atoms with Gasteiger partial charge in [-0.3, -0.25) is 4.79 Å². The Kier molecular flexibility index (Phi) is 5.34. The molecule has 0 aliphatic heterocycles. The molecular weight excluding hydrogens is 274 g/mol. The van der Waals surface area contributed by atoms with Crippen LogP contribution in [0.15, 0.2) is 54.6 Å². The van der Waals surface area contributed by atoms with Gasteiger partial charge >= 0.3 is 0 Å². The number of amides is 1. The van der Waals surface area contributed by atoms with Crippen LogP contribution in [0.3, 0.4) is 0 Å². The van der Waals surface area contributed by atoms with Crippen molar-refractivity contribution in [2.24, 2.45) is 0 Å². The van der Waals surface area contributed by atoms with Crippen LogP contribution in [0, 0.1) is 6.92 Å². The minimum Gasteiger partial charge on any atom is -0.374 e. The number of rotatable bonds is 6. The van der Waals surface area contributed by atoms with Gasteiger partial charge in [0.2, 0.25) is 0 Å². The van der Waals surface area contributed by atoms with Gasteiger partial charge in [0.25, 0.3) is 5.91 Å². The van der Waals surface area contributed by atoms with Crippen LogP contribution < -0.4 is 5.32 Å². The van der Waals surface area contributed by atoms with Crippen molar-refractivity contribution < 1.29 is 9.53 Å². The molecule has 0 aliphatic rings. The van der Waals surface area contributed by atoms with Crippen molar-refractivity contribution in [1.29, 1.82) is 0 Å². The van der Waals surface area contributed by atoms with Crippen molar-refractivity contribution in [3.63, 3.8) is 0 Å². The lowest BCUT2D eigenvalue weighted by atomic mass is 10.0. The Balaban J connectivity index is 1.88. The molecule has 116 valence electrons. The summed E-state index contributed by atoms with van der Waals surface area (Å²) in [5.74, 6) is -0.0635. The van der Waals surface area contributed by atoms with Gasteiger partial charge in [0.1, 0.15) is 0 Å². The molecule has 1 N–H and O–H groups in total. The van der Waals surface area contributed by atoms with Crippen LogP contribution in [0.2, 0.25) is 0 Å². The highest BCUT2D eigenvalue weighted by Gasteiger charge is 2.22. The Labute approximate surface area is 132 Å². The molecule has 2 aromatic carbocycles. The first-order chi connectivity index (χ1) is 10.5. The van der Waals surface area contributed by atoms with Crippen LogP contribution in [0.25, 0.3) is 0 Å². The third-order valence-corrected chi connectivity index (χ3v) is 3.42. The van der Waals surface area contributed by atoms with E-state index in [1.807, 2.05) is 75.4 Å². The molecule has 0 spiro atoms. The van der Waals surface area contributed by atoms with Crippen LogP contribution in [-0.2, 0) is 11.3 Å². The average Bonchev–Trinajstić information content (AvgIpc) is 2.48. The van der Waals surface area contributed by atoms with Crippen molar-refractivity contribution in [3.05, 3.63) is 71.3 Å². The lowest BCUT2D eigenvalue weighted by Crippen LogP contribution is -2.47. The molecule has 0 saturated heterocycles. The lowest BCUT2D eigenvalue weighted by Gasteiger charge is -2.26. The van der Waals surface area contributed by atoms with Gasteiger partial charge in [0.15, 0.2) is 0 Å². The van der Waals surface area contributed by atoms with E-state index < -0.39 is 5.54 Å². The van der Waals surface area contributed by atoms with E-state index in [1.165, 1.54) is 0 Å². The maximum Gasteiger partial charge on any atom is 0.252 e. The largest absolute Gasteiger partial charge is 0.374 e. The second kappa shape index (κ2) is 7.23. The summed E-state index contributed by atoms with van der Waals surface area (Å²) in [5.41, 5.74) is 2.39. The molecule has 0 radical (unpaired) electrons. The molecule has 0 bridgehead atoms. The predicted octanol–water partition coefficient (Wildman–Crippen LogP) is 3.72. The van der Waals surface area contributed by atoms with Gasteiger partial charge in [-0.05, 0) is 38.0 Å². The number of carbonyl (C=O) groups excluding carboxylic acids is 1. The Morgan fingerprint density at radius 1 is 1.05 bits per heavy atom. The maximum atomic E-state index is 12.3.